The van der Waals surface area contributed by atoms with Crippen molar-refractivity contribution in [2.24, 2.45) is 0 Å². The molecule has 2 atom stereocenters. The maximum Gasteiger partial charge on any atom is 0.230 e. The summed E-state index contributed by atoms with van der Waals surface area (Å²) < 4.78 is 5.43. The molecule has 0 saturated heterocycles. The third kappa shape index (κ3) is 4.58. The molecule has 4 heteroatoms. The van der Waals surface area contributed by atoms with Crippen LogP contribution >= 0.6 is 0 Å². The van der Waals surface area contributed by atoms with Crippen LogP contribution in [0.5, 0.6) is 0 Å². The minimum Gasteiger partial charge on any atom is -0.339 e. The van der Waals surface area contributed by atoms with Crippen LogP contribution in [-0.4, -0.2) is 22.7 Å². The van der Waals surface area contributed by atoms with Crippen molar-refractivity contribution in [3.63, 3.8) is 0 Å². The van der Waals surface area contributed by atoms with E-state index in [4.69, 9.17) is 4.52 Å². The summed E-state index contributed by atoms with van der Waals surface area (Å²) in [7, 11) is 0. The summed E-state index contributed by atoms with van der Waals surface area (Å²) in [4.78, 5) is 4.59. The van der Waals surface area contributed by atoms with Crippen molar-refractivity contribution in [3.05, 3.63) is 83.7 Å². The molecule has 4 aromatic rings. The number of hydrogen-bond donors (Lipinski definition) is 1. The Bertz CT molecular complexity index is 1220. The first kappa shape index (κ1) is 20.6. The monoisotopic (exact) mass is 437 g/mol. The van der Waals surface area contributed by atoms with Crippen molar-refractivity contribution >= 4 is 10.8 Å². The van der Waals surface area contributed by atoms with Gasteiger partial charge in [-0.15, -0.1) is 0 Å². The molecule has 2 aliphatic carbocycles. The average molecular weight is 438 g/mol. The lowest BCUT2D eigenvalue weighted by molar-refractivity contribution is 0.341. The average Bonchev–Trinajstić information content (AvgIpc) is 3.61. The molecule has 0 radical (unpaired) electrons. The van der Waals surface area contributed by atoms with Crippen molar-refractivity contribution < 1.29 is 4.52 Å². The highest BCUT2D eigenvalue weighted by molar-refractivity contribution is 5.85. The molecule has 168 valence electrons. The summed E-state index contributed by atoms with van der Waals surface area (Å²) in [5.41, 5.74) is 3.93. The Morgan fingerprint density at radius 2 is 1.70 bits per heavy atom. The molecule has 0 unspecified atom stereocenters. The molecular weight excluding hydrogens is 406 g/mol. The third-order valence-electron chi connectivity index (χ3n) is 7.39. The van der Waals surface area contributed by atoms with Crippen molar-refractivity contribution in [2.75, 3.05) is 6.54 Å². The van der Waals surface area contributed by atoms with E-state index in [-0.39, 0.29) is 0 Å². The van der Waals surface area contributed by atoms with Gasteiger partial charge in [-0.05, 0) is 72.9 Å². The van der Waals surface area contributed by atoms with Crippen molar-refractivity contribution in [1.29, 1.82) is 0 Å². The zero-order valence-corrected chi connectivity index (χ0v) is 19.0. The Balaban J connectivity index is 1.06. The summed E-state index contributed by atoms with van der Waals surface area (Å²) in [6.45, 7) is 1.03. The first-order chi connectivity index (χ1) is 16.3. The van der Waals surface area contributed by atoms with E-state index >= 15 is 0 Å². The van der Waals surface area contributed by atoms with Gasteiger partial charge in [0.25, 0.3) is 0 Å². The fourth-order valence-electron chi connectivity index (χ4n) is 5.35. The van der Waals surface area contributed by atoms with Gasteiger partial charge >= 0.3 is 0 Å². The van der Waals surface area contributed by atoms with Crippen molar-refractivity contribution in [3.8, 4) is 11.4 Å². The van der Waals surface area contributed by atoms with Gasteiger partial charge < -0.3 is 9.84 Å². The van der Waals surface area contributed by atoms with Gasteiger partial charge in [-0.1, -0.05) is 78.3 Å². The normalized spacial score (nSPS) is 20.8. The number of benzene rings is 3. The summed E-state index contributed by atoms with van der Waals surface area (Å²) in [5, 5.41) is 10.8. The number of nitrogens with one attached hydrogen (secondary N) is 1. The molecule has 0 amide bonds. The van der Waals surface area contributed by atoms with Crippen LogP contribution in [0.2, 0.25) is 0 Å². The summed E-state index contributed by atoms with van der Waals surface area (Å²) in [6, 6.07) is 24.8. The summed E-state index contributed by atoms with van der Waals surface area (Å²) in [6.07, 6.45) is 8.48. The van der Waals surface area contributed by atoms with Crippen LogP contribution in [0.25, 0.3) is 22.2 Å². The Hall–Kier alpha value is -2.98. The number of fused-ring (bicyclic) bond motifs is 1. The molecule has 4 nitrogen and oxygen atoms in total. The van der Waals surface area contributed by atoms with E-state index in [2.05, 4.69) is 82.2 Å². The van der Waals surface area contributed by atoms with E-state index in [9.17, 15) is 0 Å². The fourth-order valence-corrected chi connectivity index (χ4v) is 5.35. The fraction of sp³-hybridized carbons (Fsp3) is 0.379. The van der Waals surface area contributed by atoms with Crippen LogP contribution in [0.1, 0.15) is 67.4 Å². The molecule has 0 aliphatic heterocycles. The van der Waals surface area contributed by atoms with Crippen LogP contribution in [0.4, 0.5) is 0 Å². The Labute approximate surface area is 195 Å². The van der Waals surface area contributed by atoms with Gasteiger partial charge in [0.1, 0.15) is 0 Å². The van der Waals surface area contributed by atoms with E-state index in [1.165, 1.54) is 60.4 Å². The van der Waals surface area contributed by atoms with Crippen LogP contribution in [0, 0.1) is 0 Å². The molecule has 2 saturated carbocycles. The Morgan fingerprint density at radius 3 is 2.58 bits per heavy atom. The van der Waals surface area contributed by atoms with Crippen LogP contribution in [-0.2, 0) is 6.42 Å². The maximum atomic E-state index is 5.43. The van der Waals surface area contributed by atoms with Gasteiger partial charge in [-0.2, -0.15) is 4.98 Å². The Kier molecular flexibility index (Phi) is 5.69. The van der Waals surface area contributed by atoms with Gasteiger partial charge in [0.05, 0.1) is 0 Å². The highest BCUT2D eigenvalue weighted by atomic mass is 16.5. The number of rotatable bonds is 7. The second-order valence-electron chi connectivity index (χ2n) is 9.76. The molecule has 3 aromatic carbocycles. The van der Waals surface area contributed by atoms with Gasteiger partial charge in [0.15, 0.2) is 0 Å². The van der Waals surface area contributed by atoms with Crippen LogP contribution in [0.15, 0.2) is 71.3 Å². The molecule has 6 rings (SSSR count). The maximum absolute atomic E-state index is 5.43. The molecule has 2 fully saturated rings. The number of aromatic nitrogens is 2. The zero-order chi connectivity index (χ0) is 22.0. The highest BCUT2D eigenvalue weighted by Crippen LogP contribution is 2.39. The van der Waals surface area contributed by atoms with Crippen LogP contribution < -0.4 is 5.32 Å². The summed E-state index contributed by atoms with van der Waals surface area (Å²) in [5.74, 6) is 2.65. The van der Waals surface area contributed by atoms with E-state index < -0.39 is 0 Å². The first-order valence-corrected chi connectivity index (χ1v) is 12.5. The predicted molar refractivity (Wildman–Crippen MR) is 132 cm³/mol. The van der Waals surface area contributed by atoms with Gasteiger partial charge in [-0.3, -0.25) is 0 Å². The second-order valence-corrected chi connectivity index (χ2v) is 9.76. The standard InChI is InChI=1S/C29H31N3O/c1-2-10-27-21(5-1)6-3-7-22(27)17-18-30-26-9-4-8-25(19-26)20-11-13-23(14-12-20)28-31-29(33-32-28)24-15-16-24/h1-3,5-7,10-14,24-26,30H,4,8-9,15-19H2/t25-,26-/m1/s1. The minimum absolute atomic E-state index is 0.498. The topological polar surface area (TPSA) is 51.0 Å². The molecular formula is C29H31N3O. The summed E-state index contributed by atoms with van der Waals surface area (Å²) >= 11 is 0. The van der Waals surface area contributed by atoms with Gasteiger partial charge in [0.2, 0.25) is 11.7 Å². The van der Waals surface area contributed by atoms with E-state index in [0.29, 0.717) is 17.9 Å². The third-order valence-corrected chi connectivity index (χ3v) is 7.39. The number of nitrogens with zero attached hydrogens (tertiary/aromatic N) is 2. The van der Waals surface area contributed by atoms with E-state index in [1.807, 2.05) is 0 Å². The van der Waals surface area contributed by atoms with Crippen molar-refractivity contribution in [2.45, 2.75) is 62.8 Å². The molecule has 1 N–H and O–H groups in total. The molecule has 0 spiro atoms. The zero-order valence-electron chi connectivity index (χ0n) is 19.0. The molecule has 33 heavy (non-hydrogen) atoms. The van der Waals surface area contributed by atoms with E-state index in [0.717, 1.165) is 30.2 Å². The lowest BCUT2D eigenvalue weighted by atomic mass is 9.81. The quantitative estimate of drug-likeness (QED) is 0.353. The van der Waals surface area contributed by atoms with Gasteiger partial charge in [-0.25, -0.2) is 0 Å². The van der Waals surface area contributed by atoms with Crippen LogP contribution in [0.3, 0.4) is 0 Å². The SMILES string of the molecule is c1ccc2c(CCN[C@@H]3CCC[C@@H](c4ccc(-c5noc(C6CC6)n5)cc4)C3)cccc2c1. The smallest absolute Gasteiger partial charge is 0.230 e. The molecule has 1 aromatic heterocycles. The highest BCUT2D eigenvalue weighted by Gasteiger charge is 2.30. The molecule has 1 heterocycles. The van der Waals surface area contributed by atoms with Crippen molar-refractivity contribution in [1.82, 2.24) is 15.5 Å². The lowest BCUT2D eigenvalue weighted by Gasteiger charge is -2.30. The molecule has 0 bridgehead atoms. The minimum atomic E-state index is 0.498. The largest absolute Gasteiger partial charge is 0.339 e. The number of hydrogen-bond acceptors (Lipinski definition) is 4. The Morgan fingerprint density at radius 1 is 0.848 bits per heavy atom. The second kappa shape index (κ2) is 9.11. The predicted octanol–water partition coefficient (Wildman–Crippen LogP) is 6.63. The molecule has 2 aliphatic rings. The van der Waals surface area contributed by atoms with Gasteiger partial charge in [0, 0.05) is 17.5 Å². The van der Waals surface area contributed by atoms with E-state index in [1.54, 1.807) is 0 Å². The first-order valence-electron chi connectivity index (χ1n) is 12.5. The lowest BCUT2D eigenvalue weighted by Crippen LogP contribution is -2.34.